The van der Waals surface area contributed by atoms with E-state index in [1.54, 1.807) is 0 Å². The quantitative estimate of drug-likeness (QED) is 0.408. The summed E-state index contributed by atoms with van der Waals surface area (Å²) in [6, 6.07) is 0.796. The fraction of sp³-hybridized carbons (Fsp3) is 0.778. The van der Waals surface area contributed by atoms with Gasteiger partial charge in [0.15, 0.2) is 12.2 Å². The molecule has 16 heavy (non-hydrogen) atoms. The smallest absolute Gasteiger partial charge is 0.335 e. The van der Waals surface area contributed by atoms with Crippen molar-refractivity contribution in [2.24, 2.45) is 0 Å². The van der Waals surface area contributed by atoms with Crippen LogP contribution in [-0.4, -0.2) is 57.2 Å². The molecule has 1 heterocycles. The van der Waals surface area contributed by atoms with Crippen LogP contribution in [0.1, 0.15) is 19.8 Å². The average Bonchev–Trinajstić information content (AvgIpc) is 2.67. The van der Waals surface area contributed by atoms with Crippen LogP contribution < -0.4 is 5.32 Å². The third-order valence-corrected chi connectivity index (χ3v) is 2.11. The van der Waals surface area contributed by atoms with E-state index in [2.05, 4.69) is 12.2 Å². The second kappa shape index (κ2) is 7.15. The lowest BCUT2D eigenvalue weighted by atomic mass is 10.2. The molecule has 0 radical (unpaired) electrons. The third kappa shape index (κ3) is 5.64. The van der Waals surface area contributed by atoms with Gasteiger partial charge in [-0.1, -0.05) is 0 Å². The monoisotopic (exact) mass is 235 g/mol. The third-order valence-electron chi connectivity index (χ3n) is 2.11. The molecule has 0 aromatic rings. The Labute approximate surface area is 92.7 Å². The highest BCUT2D eigenvalue weighted by Gasteiger charge is 2.29. The van der Waals surface area contributed by atoms with Gasteiger partial charge in [-0.25, -0.2) is 9.59 Å². The van der Waals surface area contributed by atoms with Crippen molar-refractivity contribution in [1.29, 1.82) is 0 Å². The first-order valence-corrected chi connectivity index (χ1v) is 4.91. The molecular weight excluding hydrogens is 218 g/mol. The molecule has 94 valence electrons. The molecule has 0 saturated carbocycles. The van der Waals surface area contributed by atoms with Gasteiger partial charge in [-0.3, -0.25) is 0 Å². The van der Waals surface area contributed by atoms with Crippen molar-refractivity contribution in [2.75, 3.05) is 6.54 Å². The summed E-state index contributed by atoms with van der Waals surface area (Å²) >= 11 is 0. The summed E-state index contributed by atoms with van der Waals surface area (Å²) in [6.45, 7) is 3.47. The minimum atomic E-state index is -2.27. The number of aliphatic hydroxyl groups is 2. The Kier molecular flexibility index (Phi) is 6.63. The van der Waals surface area contributed by atoms with Gasteiger partial charge in [0, 0.05) is 6.04 Å². The molecule has 0 amide bonds. The summed E-state index contributed by atoms with van der Waals surface area (Å²) in [4.78, 5) is 19.5. The number of carbonyl (C=O) groups is 2. The minimum Gasteiger partial charge on any atom is -0.479 e. The van der Waals surface area contributed by atoms with E-state index in [1.807, 2.05) is 0 Å². The zero-order valence-electron chi connectivity index (χ0n) is 8.96. The maximum absolute atomic E-state index is 9.77. The van der Waals surface area contributed by atoms with E-state index in [4.69, 9.17) is 20.4 Å². The molecule has 3 atom stereocenters. The first-order chi connectivity index (χ1) is 7.36. The predicted molar refractivity (Wildman–Crippen MR) is 54.0 cm³/mol. The van der Waals surface area contributed by atoms with Crippen molar-refractivity contribution < 1.29 is 30.0 Å². The van der Waals surface area contributed by atoms with E-state index in [-0.39, 0.29) is 0 Å². The maximum Gasteiger partial charge on any atom is 0.335 e. The van der Waals surface area contributed by atoms with Crippen molar-refractivity contribution in [3.63, 3.8) is 0 Å². The van der Waals surface area contributed by atoms with E-state index >= 15 is 0 Å². The van der Waals surface area contributed by atoms with E-state index in [1.165, 1.54) is 19.4 Å². The van der Waals surface area contributed by atoms with E-state index in [0.29, 0.717) is 0 Å². The molecular formula is C9H17NO6. The van der Waals surface area contributed by atoms with Crippen LogP contribution in [0.5, 0.6) is 0 Å². The van der Waals surface area contributed by atoms with Gasteiger partial charge in [0.1, 0.15) is 0 Å². The minimum absolute atomic E-state index is 0.796. The molecule has 1 fully saturated rings. The highest BCUT2D eigenvalue weighted by molar-refractivity contribution is 5.83. The molecule has 1 saturated heterocycles. The van der Waals surface area contributed by atoms with Crippen molar-refractivity contribution in [2.45, 2.75) is 38.0 Å². The highest BCUT2D eigenvalue weighted by atomic mass is 16.4. The number of nitrogens with one attached hydrogen (secondary N) is 1. The molecule has 5 N–H and O–H groups in total. The number of hydrogen-bond acceptors (Lipinski definition) is 5. The Morgan fingerprint density at radius 2 is 1.62 bits per heavy atom. The second-order valence-electron chi connectivity index (χ2n) is 3.56. The van der Waals surface area contributed by atoms with Gasteiger partial charge in [0.2, 0.25) is 0 Å². The topological polar surface area (TPSA) is 127 Å². The zero-order valence-corrected chi connectivity index (χ0v) is 8.96. The van der Waals surface area contributed by atoms with E-state index in [0.717, 1.165) is 6.04 Å². The van der Waals surface area contributed by atoms with Crippen LogP contribution in [0.3, 0.4) is 0 Å². The Balaban J connectivity index is 0.000000315. The van der Waals surface area contributed by atoms with Crippen molar-refractivity contribution in [3.8, 4) is 0 Å². The molecule has 0 unspecified atom stereocenters. The standard InChI is InChI=1S/C5H11N.C4H6O6/c1-5-3-2-4-6-5;5-1(3(7)8)2(6)4(9)10/h5-6H,2-4H2,1H3;1-2,5-6H,(H,7,8)(H,9,10)/t5-;1-,2-/m10/s1. The first kappa shape index (κ1) is 14.8. The highest BCUT2D eigenvalue weighted by Crippen LogP contribution is 2.01. The Morgan fingerprint density at radius 1 is 1.19 bits per heavy atom. The lowest BCUT2D eigenvalue weighted by Crippen LogP contribution is -2.39. The molecule has 7 heteroatoms. The lowest BCUT2D eigenvalue weighted by Gasteiger charge is -2.07. The van der Waals surface area contributed by atoms with Gasteiger partial charge >= 0.3 is 11.9 Å². The molecule has 1 aliphatic rings. The van der Waals surface area contributed by atoms with E-state index < -0.39 is 24.1 Å². The van der Waals surface area contributed by atoms with Crippen LogP contribution in [0.25, 0.3) is 0 Å². The van der Waals surface area contributed by atoms with Crippen LogP contribution in [-0.2, 0) is 9.59 Å². The molecule has 0 aliphatic carbocycles. The van der Waals surface area contributed by atoms with Crippen LogP contribution in [0.4, 0.5) is 0 Å². The number of carboxylic acid groups (broad SMARTS) is 2. The van der Waals surface area contributed by atoms with Crippen LogP contribution >= 0.6 is 0 Å². The summed E-state index contributed by atoms with van der Waals surface area (Å²) < 4.78 is 0. The molecule has 1 rings (SSSR count). The summed E-state index contributed by atoms with van der Waals surface area (Å²) in [5.41, 5.74) is 0. The summed E-state index contributed by atoms with van der Waals surface area (Å²) in [7, 11) is 0. The normalized spacial score (nSPS) is 22.8. The molecule has 0 bridgehead atoms. The number of carboxylic acids is 2. The van der Waals surface area contributed by atoms with Gasteiger partial charge in [-0.2, -0.15) is 0 Å². The average molecular weight is 235 g/mol. The summed E-state index contributed by atoms with van der Waals surface area (Å²) in [6.07, 6.45) is -1.78. The molecule has 0 aromatic carbocycles. The first-order valence-electron chi connectivity index (χ1n) is 4.91. The van der Waals surface area contributed by atoms with Crippen molar-refractivity contribution in [3.05, 3.63) is 0 Å². The predicted octanol–water partition coefficient (Wildman–Crippen LogP) is -1.36. The van der Waals surface area contributed by atoms with Crippen LogP contribution in [0.2, 0.25) is 0 Å². The Bertz CT molecular complexity index is 220. The zero-order chi connectivity index (χ0) is 12.7. The number of aliphatic hydroxyl groups excluding tert-OH is 2. The van der Waals surface area contributed by atoms with Crippen molar-refractivity contribution in [1.82, 2.24) is 5.32 Å². The Morgan fingerprint density at radius 3 is 1.75 bits per heavy atom. The summed E-state index contributed by atoms with van der Waals surface area (Å²) in [5, 5.41) is 35.8. The SMILES string of the molecule is C[C@@H]1CCCN1.O=C(O)[C@@H](O)[C@H](O)C(=O)O. The van der Waals surface area contributed by atoms with Gasteiger partial charge in [-0.15, -0.1) is 0 Å². The maximum atomic E-state index is 9.77. The van der Waals surface area contributed by atoms with Crippen LogP contribution in [0, 0.1) is 0 Å². The Hall–Kier alpha value is -1.18. The van der Waals surface area contributed by atoms with Gasteiger partial charge < -0.3 is 25.7 Å². The van der Waals surface area contributed by atoms with E-state index in [9.17, 15) is 9.59 Å². The summed E-state index contributed by atoms with van der Waals surface area (Å²) in [5.74, 6) is -3.54. The second-order valence-corrected chi connectivity index (χ2v) is 3.56. The van der Waals surface area contributed by atoms with Crippen molar-refractivity contribution >= 4 is 11.9 Å². The van der Waals surface area contributed by atoms with Gasteiger partial charge in [0.05, 0.1) is 0 Å². The van der Waals surface area contributed by atoms with Gasteiger partial charge in [-0.05, 0) is 26.3 Å². The molecule has 0 spiro atoms. The largest absolute Gasteiger partial charge is 0.479 e. The molecule has 0 aromatic heterocycles. The van der Waals surface area contributed by atoms with Crippen LogP contribution in [0.15, 0.2) is 0 Å². The fourth-order valence-electron chi connectivity index (χ4n) is 1.13. The lowest BCUT2D eigenvalue weighted by molar-refractivity contribution is -0.165. The molecule has 7 nitrogen and oxygen atoms in total. The van der Waals surface area contributed by atoms with Gasteiger partial charge in [0.25, 0.3) is 0 Å². The molecule has 1 aliphatic heterocycles. The number of hydrogen-bond donors (Lipinski definition) is 5. The fourth-order valence-corrected chi connectivity index (χ4v) is 1.13. The number of rotatable bonds is 3. The number of aliphatic carboxylic acids is 2.